The number of para-hydroxylation sites is 1. The summed E-state index contributed by atoms with van der Waals surface area (Å²) >= 11 is 3.42. The van der Waals surface area contributed by atoms with Crippen LogP contribution in [0.5, 0.6) is 0 Å². The molecular formula is C21H22BrN3O. The standard InChI is InChI=1S/C21H22BrN3O/c1-15-20(16(2)25(23-15)19-7-5-4-6-8-19)14-24(3)21(26)13-17-9-11-18(22)12-10-17/h4-12H,13-14H2,1-3H3. The first-order valence-corrected chi connectivity index (χ1v) is 9.34. The molecule has 0 aliphatic carbocycles. The molecule has 0 saturated heterocycles. The van der Waals surface area contributed by atoms with Crippen LogP contribution in [0.2, 0.25) is 0 Å². The predicted molar refractivity (Wildman–Crippen MR) is 107 cm³/mol. The van der Waals surface area contributed by atoms with Crippen LogP contribution in [0.1, 0.15) is 22.5 Å². The Morgan fingerprint density at radius 3 is 2.38 bits per heavy atom. The van der Waals surface area contributed by atoms with E-state index in [4.69, 9.17) is 0 Å². The molecule has 3 rings (SSSR count). The third-order valence-electron chi connectivity index (χ3n) is 4.53. The van der Waals surface area contributed by atoms with Crippen molar-refractivity contribution in [3.8, 4) is 5.69 Å². The van der Waals surface area contributed by atoms with Crippen molar-refractivity contribution in [1.29, 1.82) is 0 Å². The van der Waals surface area contributed by atoms with Crippen LogP contribution in [0.25, 0.3) is 5.69 Å². The number of aromatic nitrogens is 2. The van der Waals surface area contributed by atoms with Crippen molar-refractivity contribution in [3.63, 3.8) is 0 Å². The van der Waals surface area contributed by atoms with Gasteiger partial charge in [0.25, 0.3) is 0 Å². The molecule has 0 radical (unpaired) electrons. The third-order valence-corrected chi connectivity index (χ3v) is 5.06. The Bertz CT molecular complexity index is 901. The van der Waals surface area contributed by atoms with E-state index >= 15 is 0 Å². The summed E-state index contributed by atoms with van der Waals surface area (Å²) in [6, 6.07) is 17.9. The van der Waals surface area contributed by atoms with E-state index in [1.54, 1.807) is 4.90 Å². The highest BCUT2D eigenvalue weighted by atomic mass is 79.9. The Balaban J connectivity index is 1.75. The Morgan fingerprint density at radius 1 is 1.08 bits per heavy atom. The minimum Gasteiger partial charge on any atom is -0.341 e. The number of nitrogens with zero attached hydrogens (tertiary/aromatic N) is 3. The van der Waals surface area contributed by atoms with E-state index in [0.717, 1.165) is 32.7 Å². The Hall–Kier alpha value is -2.40. The van der Waals surface area contributed by atoms with Crippen LogP contribution in [0.4, 0.5) is 0 Å². The van der Waals surface area contributed by atoms with Crippen LogP contribution in [-0.2, 0) is 17.8 Å². The van der Waals surface area contributed by atoms with Crippen molar-refractivity contribution < 1.29 is 4.79 Å². The average molecular weight is 412 g/mol. The van der Waals surface area contributed by atoms with Gasteiger partial charge >= 0.3 is 0 Å². The van der Waals surface area contributed by atoms with Crippen molar-refractivity contribution in [2.45, 2.75) is 26.8 Å². The third kappa shape index (κ3) is 4.05. The van der Waals surface area contributed by atoms with E-state index in [9.17, 15) is 4.79 Å². The van der Waals surface area contributed by atoms with Crippen molar-refractivity contribution >= 4 is 21.8 Å². The molecule has 2 aromatic carbocycles. The zero-order chi connectivity index (χ0) is 18.7. The minimum atomic E-state index is 0.0959. The molecule has 0 unspecified atom stereocenters. The lowest BCUT2D eigenvalue weighted by molar-refractivity contribution is -0.129. The van der Waals surface area contributed by atoms with Crippen molar-refractivity contribution in [3.05, 3.63) is 81.6 Å². The van der Waals surface area contributed by atoms with Gasteiger partial charge in [-0.15, -0.1) is 0 Å². The van der Waals surface area contributed by atoms with Gasteiger partial charge in [0.05, 0.1) is 17.8 Å². The van der Waals surface area contributed by atoms with Gasteiger partial charge in [0.1, 0.15) is 0 Å². The minimum absolute atomic E-state index is 0.0959. The molecule has 0 spiro atoms. The summed E-state index contributed by atoms with van der Waals surface area (Å²) in [7, 11) is 1.85. The summed E-state index contributed by atoms with van der Waals surface area (Å²) in [4.78, 5) is 14.4. The predicted octanol–water partition coefficient (Wildman–Crippen LogP) is 4.45. The van der Waals surface area contributed by atoms with Gasteiger partial charge in [-0.3, -0.25) is 4.79 Å². The summed E-state index contributed by atoms with van der Waals surface area (Å²) in [5.74, 6) is 0.0959. The van der Waals surface area contributed by atoms with Gasteiger partial charge in [0.2, 0.25) is 5.91 Å². The number of carbonyl (C=O) groups is 1. The second-order valence-electron chi connectivity index (χ2n) is 6.45. The number of benzene rings is 2. The van der Waals surface area contributed by atoms with Gasteiger partial charge in [-0.25, -0.2) is 4.68 Å². The first kappa shape index (κ1) is 18.4. The number of likely N-dealkylation sites (N-methyl/N-ethyl adjacent to an activating group) is 1. The Kier molecular flexibility index (Phi) is 5.57. The molecule has 0 aliphatic rings. The SMILES string of the molecule is Cc1nn(-c2ccccc2)c(C)c1CN(C)C(=O)Cc1ccc(Br)cc1. The van der Waals surface area contributed by atoms with E-state index in [-0.39, 0.29) is 5.91 Å². The Labute approximate surface area is 162 Å². The van der Waals surface area contributed by atoms with Gasteiger partial charge in [-0.2, -0.15) is 5.10 Å². The van der Waals surface area contributed by atoms with Gasteiger partial charge in [0, 0.05) is 29.3 Å². The second-order valence-corrected chi connectivity index (χ2v) is 7.37. The van der Waals surface area contributed by atoms with Crippen molar-refractivity contribution in [2.24, 2.45) is 0 Å². The molecular weight excluding hydrogens is 390 g/mol. The monoisotopic (exact) mass is 411 g/mol. The zero-order valence-electron chi connectivity index (χ0n) is 15.2. The molecule has 0 N–H and O–H groups in total. The molecule has 0 aliphatic heterocycles. The maximum absolute atomic E-state index is 12.6. The van der Waals surface area contributed by atoms with Gasteiger partial charge in [-0.1, -0.05) is 46.3 Å². The summed E-state index contributed by atoms with van der Waals surface area (Å²) in [5.41, 5.74) is 5.16. The largest absolute Gasteiger partial charge is 0.341 e. The van der Waals surface area contributed by atoms with Gasteiger partial charge in [0.15, 0.2) is 0 Å². The summed E-state index contributed by atoms with van der Waals surface area (Å²) in [6.07, 6.45) is 0.398. The number of aryl methyl sites for hydroxylation is 1. The lowest BCUT2D eigenvalue weighted by atomic mass is 10.1. The smallest absolute Gasteiger partial charge is 0.227 e. The fourth-order valence-corrected chi connectivity index (χ4v) is 3.23. The molecule has 26 heavy (non-hydrogen) atoms. The van der Waals surface area contributed by atoms with Crippen LogP contribution in [-0.4, -0.2) is 27.6 Å². The average Bonchev–Trinajstić information content (AvgIpc) is 2.92. The van der Waals surface area contributed by atoms with Crippen LogP contribution in [0.3, 0.4) is 0 Å². The molecule has 5 heteroatoms. The second kappa shape index (κ2) is 7.87. The molecule has 0 fully saturated rings. The van der Waals surface area contributed by atoms with E-state index in [0.29, 0.717) is 13.0 Å². The van der Waals surface area contributed by atoms with Gasteiger partial charge < -0.3 is 4.90 Å². The van der Waals surface area contributed by atoms with Crippen LogP contribution in [0, 0.1) is 13.8 Å². The highest BCUT2D eigenvalue weighted by Crippen LogP contribution is 2.20. The fourth-order valence-electron chi connectivity index (χ4n) is 2.96. The molecule has 1 aromatic heterocycles. The number of rotatable bonds is 5. The number of hydrogen-bond acceptors (Lipinski definition) is 2. The van der Waals surface area contributed by atoms with Crippen molar-refractivity contribution in [1.82, 2.24) is 14.7 Å². The molecule has 4 nitrogen and oxygen atoms in total. The number of hydrogen-bond donors (Lipinski definition) is 0. The first-order chi connectivity index (χ1) is 12.5. The van der Waals surface area contributed by atoms with Gasteiger partial charge in [-0.05, 0) is 43.7 Å². The number of halogens is 1. The maximum Gasteiger partial charge on any atom is 0.227 e. The quantitative estimate of drug-likeness (QED) is 0.621. The van der Waals surface area contributed by atoms with E-state index in [1.807, 2.05) is 73.3 Å². The summed E-state index contributed by atoms with van der Waals surface area (Å²) in [5, 5.41) is 4.66. The number of amides is 1. The molecule has 1 heterocycles. The molecule has 134 valence electrons. The topological polar surface area (TPSA) is 38.1 Å². The molecule has 0 bridgehead atoms. The van der Waals surface area contributed by atoms with Crippen LogP contribution in [0.15, 0.2) is 59.1 Å². The van der Waals surface area contributed by atoms with Crippen molar-refractivity contribution in [2.75, 3.05) is 7.05 Å². The van der Waals surface area contributed by atoms with E-state index < -0.39 is 0 Å². The Morgan fingerprint density at radius 2 is 1.73 bits per heavy atom. The molecule has 0 atom stereocenters. The zero-order valence-corrected chi connectivity index (χ0v) is 16.8. The highest BCUT2D eigenvalue weighted by Gasteiger charge is 2.17. The maximum atomic E-state index is 12.6. The van der Waals surface area contributed by atoms with E-state index in [2.05, 4.69) is 28.0 Å². The number of carbonyl (C=O) groups excluding carboxylic acids is 1. The molecule has 3 aromatic rings. The molecule has 1 amide bonds. The summed E-state index contributed by atoms with van der Waals surface area (Å²) in [6.45, 7) is 4.60. The van der Waals surface area contributed by atoms with Crippen LogP contribution < -0.4 is 0 Å². The lowest BCUT2D eigenvalue weighted by Crippen LogP contribution is -2.28. The molecule has 0 saturated carbocycles. The van der Waals surface area contributed by atoms with E-state index in [1.165, 1.54) is 0 Å². The normalized spacial score (nSPS) is 10.8. The first-order valence-electron chi connectivity index (χ1n) is 8.54. The lowest BCUT2D eigenvalue weighted by Gasteiger charge is -2.18. The highest BCUT2D eigenvalue weighted by molar-refractivity contribution is 9.10. The summed E-state index contributed by atoms with van der Waals surface area (Å²) < 4.78 is 2.96. The fraction of sp³-hybridized carbons (Fsp3) is 0.238. The van der Waals surface area contributed by atoms with Crippen LogP contribution >= 0.6 is 15.9 Å².